The summed E-state index contributed by atoms with van der Waals surface area (Å²) in [6, 6.07) is 32.7. The summed E-state index contributed by atoms with van der Waals surface area (Å²) in [7, 11) is 0. The van der Waals surface area contributed by atoms with E-state index in [9.17, 15) is 4.79 Å². The van der Waals surface area contributed by atoms with Crippen LogP contribution >= 0.6 is 11.6 Å². The van der Waals surface area contributed by atoms with E-state index in [1.54, 1.807) is 0 Å². The minimum atomic E-state index is -0.0939. The maximum atomic E-state index is 12.9. The first-order valence-electron chi connectivity index (χ1n) is 13.9. The van der Waals surface area contributed by atoms with Crippen LogP contribution in [0.4, 0.5) is 5.69 Å². The first kappa shape index (κ1) is 25.6. The topological polar surface area (TPSA) is 32.3 Å². The zero-order chi connectivity index (χ0) is 26.6. The molecule has 1 saturated heterocycles. The van der Waals surface area contributed by atoms with Gasteiger partial charge in [0.1, 0.15) is 0 Å². The monoisotopic (exact) mass is 532 g/mol. The molecule has 4 heteroatoms. The molecule has 196 valence electrons. The van der Waals surface area contributed by atoms with Gasteiger partial charge in [-0.05, 0) is 109 Å². The molecule has 1 amide bonds. The second kappa shape index (κ2) is 11.6. The minimum Gasteiger partial charge on any atom is -0.322 e. The number of amides is 1. The van der Waals surface area contributed by atoms with Crippen molar-refractivity contribution in [1.29, 1.82) is 0 Å². The highest BCUT2D eigenvalue weighted by molar-refractivity contribution is 6.30. The summed E-state index contributed by atoms with van der Waals surface area (Å²) < 4.78 is 0. The summed E-state index contributed by atoms with van der Waals surface area (Å²) in [5, 5.41) is 3.80. The predicted molar refractivity (Wildman–Crippen MR) is 162 cm³/mol. The van der Waals surface area contributed by atoms with Crippen molar-refractivity contribution in [3.8, 4) is 11.1 Å². The molecule has 4 aromatic carbocycles. The van der Waals surface area contributed by atoms with Crippen LogP contribution in [0.2, 0.25) is 5.02 Å². The summed E-state index contributed by atoms with van der Waals surface area (Å²) in [6.45, 7) is 3.39. The maximum Gasteiger partial charge on any atom is 0.255 e. The second-order valence-corrected chi connectivity index (χ2v) is 11.2. The van der Waals surface area contributed by atoms with E-state index in [1.807, 2.05) is 54.6 Å². The van der Waals surface area contributed by atoms with Crippen LogP contribution in [0.15, 0.2) is 103 Å². The van der Waals surface area contributed by atoms with Gasteiger partial charge >= 0.3 is 0 Å². The van der Waals surface area contributed by atoms with Crippen molar-refractivity contribution in [1.82, 2.24) is 4.90 Å². The molecule has 6 rings (SSSR count). The average molecular weight is 533 g/mol. The van der Waals surface area contributed by atoms with Crippen molar-refractivity contribution in [2.45, 2.75) is 31.6 Å². The average Bonchev–Trinajstić information content (AvgIpc) is 2.98. The maximum absolute atomic E-state index is 12.9. The number of rotatable bonds is 6. The largest absolute Gasteiger partial charge is 0.322 e. The number of nitrogens with zero attached hydrogens (tertiary/aromatic N) is 1. The Morgan fingerprint density at radius 3 is 2.23 bits per heavy atom. The van der Waals surface area contributed by atoms with Crippen LogP contribution in [-0.2, 0) is 6.42 Å². The summed E-state index contributed by atoms with van der Waals surface area (Å²) in [5.74, 6) is 0.599. The number of hydrogen-bond donors (Lipinski definition) is 1. The van der Waals surface area contributed by atoms with Crippen molar-refractivity contribution < 1.29 is 4.79 Å². The van der Waals surface area contributed by atoms with Crippen LogP contribution in [0.3, 0.4) is 0 Å². The van der Waals surface area contributed by atoms with Crippen LogP contribution in [0.25, 0.3) is 17.2 Å². The first-order valence-corrected chi connectivity index (χ1v) is 14.3. The number of piperidine rings is 1. The van der Waals surface area contributed by atoms with E-state index in [0.717, 1.165) is 49.3 Å². The third-order valence-corrected chi connectivity index (χ3v) is 8.34. The lowest BCUT2D eigenvalue weighted by Crippen LogP contribution is -2.34. The lowest BCUT2D eigenvalue weighted by atomic mass is 9.88. The quantitative estimate of drug-likeness (QED) is 0.270. The van der Waals surface area contributed by atoms with E-state index in [4.69, 9.17) is 11.6 Å². The van der Waals surface area contributed by atoms with Gasteiger partial charge in [0, 0.05) is 22.8 Å². The van der Waals surface area contributed by atoms with Gasteiger partial charge in [-0.25, -0.2) is 0 Å². The Kier molecular flexibility index (Phi) is 7.62. The van der Waals surface area contributed by atoms with Crippen LogP contribution in [0.1, 0.15) is 52.2 Å². The smallest absolute Gasteiger partial charge is 0.255 e. The number of halogens is 1. The van der Waals surface area contributed by atoms with Gasteiger partial charge in [-0.2, -0.15) is 0 Å². The summed E-state index contributed by atoms with van der Waals surface area (Å²) in [5.41, 5.74) is 9.20. The molecule has 1 fully saturated rings. The zero-order valence-corrected chi connectivity index (χ0v) is 22.8. The molecule has 3 nitrogen and oxygen atoms in total. The van der Waals surface area contributed by atoms with Crippen molar-refractivity contribution in [2.24, 2.45) is 0 Å². The molecule has 0 aromatic heterocycles. The number of likely N-dealkylation sites (tertiary alicyclic amines) is 1. The minimum absolute atomic E-state index is 0.0939. The van der Waals surface area contributed by atoms with Crippen LogP contribution < -0.4 is 5.32 Å². The Balaban J connectivity index is 1.05. The van der Waals surface area contributed by atoms with Gasteiger partial charge in [0.15, 0.2) is 0 Å². The number of hydrogen-bond acceptors (Lipinski definition) is 2. The molecule has 39 heavy (non-hydrogen) atoms. The van der Waals surface area contributed by atoms with Crippen molar-refractivity contribution >= 4 is 29.3 Å². The molecule has 0 radical (unpaired) electrons. The Morgan fingerprint density at radius 1 is 0.821 bits per heavy atom. The fourth-order valence-electron chi connectivity index (χ4n) is 5.85. The van der Waals surface area contributed by atoms with Crippen LogP contribution in [0.5, 0.6) is 0 Å². The van der Waals surface area contributed by atoms with Gasteiger partial charge in [-0.15, -0.1) is 0 Å². The highest BCUT2D eigenvalue weighted by atomic mass is 35.5. The molecule has 0 saturated carbocycles. The number of fused-ring (bicyclic) bond motifs is 1. The third-order valence-electron chi connectivity index (χ3n) is 8.09. The standard InChI is InChI=1S/C35H33ClN2O/c36-33-15-12-28(13-16-33)27-8-10-30(11-9-27)35(39)37-34-17-14-31-22-25(6-7-32(31)23-34)24-38-20-18-29(19-21-38)26-4-2-1-3-5-26/h1-5,8-17,22-23,29H,6-7,18-21,24H2,(H,37,39). The molecule has 4 aromatic rings. The fraction of sp³-hybridized carbons (Fsp3) is 0.229. The summed E-state index contributed by atoms with van der Waals surface area (Å²) >= 11 is 6.00. The van der Waals surface area contributed by atoms with E-state index >= 15 is 0 Å². The van der Waals surface area contributed by atoms with Crippen molar-refractivity contribution in [3.63, 3.8) is 0 Å². The van der Waals surface area contributed by atoms with Crippen molar-refractivity contribution in [3.05, 3.63) is 130 Å². The highest BCUT2D eigenvalue weighted by Crippen LogP contribution is 2.31. The molecule has 1 aliphatic carbocycles. The zero-order valence-electron chi connectivity index (χ0n) is 22.1. The molecule has 1 heterocycles. The normalized spacial score (nSPS) is 15.9. The fourth-order valence-corrected chi connectivity index (χ4v) is 5.98. The van der Waals surface area contributed by atoms with Crippen molar-refractivity contribution in [2.75, 3.05) is 25.0 Å². The van der Waals surface area contributed by atoms with E-state index in [2.05, 4.69) is 58.8 Å². The molecular weight excluding hydrogens is 500 g/mol. The molecule has 0 atom stereocenters. The van der Waals surface area contributed by atoms with Gasteiger partial charge in [0.25, 0.3) is 5.91 Å². The second-order valence-electron chi connectivity index (χ2n) is 10.7. The van der Waals surface area contributed by atoms with Crippen LogP contribution in [-0.4, -0.2) is 30.4 Å². The third kappa shape index (κ3) is 6.16. The first-order chi connectivity index (χ1) is 19.1. The summed E-state index contributed by atoms with van der Waals surface area (Å²) in [4.78, 5) is 15.5. The number of carbonyl (C=O) groups excluding carboxylic acids is 1. The highest BCUT2D eigenvalue weighted by Gasteiger charge is 2.22. The van der Waals surface area contributed by atoms with E-state index in [-0.39, 0.29) is 5.91 Å². The molecular formula is C35H33ClN2O. The van der Waals surface area contributed by atoms with E-state index in [1.165, 1.54) is 35.1 Å². The molecule has 2 aliphatic rings. The van der Waals surface area contributed by atoms with Gasteiger partial charge in [0.2, 0.25) is 0 Å². The Labute approximate surface area is 236 Å². The number of carbonyl (C=O) groups is 1. The predicted octanol–water partition coefficient (Wildman–Crippen LogP) is 8.47. The van der Waals surface area contributed by atoms with E-state index in [0.29, 0.717) is 16.5 Å². The Morgan fingerprint density at radius 2 is 1.51 bits per heavy atom. The molecule has 0 spiro atoms. The summed E-state index contributed by atoms with van der Waals surface area (Å²) in [6.07, 6.45) is 6.93. The Hall–Kier alpha value is -3.66. The lowest BCUT2D eigenvalue weighted by molar-refractivity contribution is 0.102. The Bertz CT molecular complexity index is 1470. The van der Waals surface area contributed by atoms with Gasteiger partial charge in [0.05, 0.1) is 0 Å². The van der Waals surface area contributed by atoms with Gasteiger partial charge in [-0.1, -0.05) is 83.9 Å². The van der Waals surface area contributed by atoms with Crippen LogP contribution in [0, 0.1) is 0 Å². The number of anilines is 1. The van der Waals surface area contributed by atoms with Gasteiger partial charge < -0.3 is 5.32 Å². The molecule has 0 bridgehead atoms. The lowest BCUT2D eigenvalue weighted by Gasteiger charge is -2.33. The number of benzene rings is 4. The van der Waals surface area contributed by atoms with E-state index < -0.39 is 0 Å². The number of nitrogens with one attached hydrogen (secondary N) is 1. The molecule has 0 unspecified atom stereocenters. The molecule has 1 N–H and O–H groups in total. The molecule has 1 aliphatic heterocycles. The van der Waals surface area contributed by atoms with Gasteiger partial charge in [-0.3, -0.25) is 9.69 Å². The number of aryl methyl sites for hydroxylation is 1. The SMILES string of the molecule is O=C(Nc1ccc2c(c1)CCC(CN1CCC(c3ccccc3)CC1)=C2)c1ccc(-c2ccc(Cl)cc2)cc1.